The van der Waals surface area contributed by atoms with Crippen LogP contribution in [0.1, 0.15) is 5.56 Å². The summed E-state index contributed by atoms with van der Waals surface area (Å²) in [6.45, 7) is 0.529. The maximum atomic E-state index is 5.70. The van der Waals surface area contributed by atoms with Crippen molar-refractivity contribution < 1.29 is 4.42 Å². The molecule has 0 amide bonds. The summed E-state index contributed by atoms with van der Waals surface area (Å²) in [5.74, 6) is 0.545. The first kappa shape index (κ1) is 14.2. The monoisotopic (exact) mass is 315 g/mol. The lowest BCUT2D eigenvalue weighted by molar-refractivity contribution is 0.619. The zero-order valence-electron chi connectivity index (χ0n) is 12.7. The van der Waals surface area contributed by atoms with Crippen LogP contribution in [0.3, 0.4) is 0 Å². The third-order valence-electron chi connectivity index (χ3n) is 3.47. The van der Waals surface area contributed by atoms with E-state index in [1.165, 1.54) is 0 Å². The average molecular weight is 315 g/mol. The van der Waals surface area contributed by atoms with Crippen LogP contribution in [0.5, 0.6) is 0 Å². The molecular weight excluding hydrogens is 302 g/mol. The Morgan fingerprint density at radius 3 is 2.54 bits per heavy atom. The van der Waals surface area contributed by atoms with Crippen LogP contribution in [0.4, 0.5) is 5.69 Å². The normalized spacial score (nSPS) is 11.3. The zero-order chi connectivity index (χ0) is 16.2. The van der Waals surface area contributed by atoms with Crippen molar-refractivity contribution in [3.8, 4) is 11.5 Å². The minimum absolute atomic E-state index is 0.529. The van der Waals surface area contributed by atoms with Gasteiger partial charge >= 0.3 is 0 Å². The molecule has 6 nitrogen and oxygen atoms in total. The third kappa shape index (κ3) is 3.03. The van der Waals surface area contributed by atoms with Crippen molar-refractivity contribution in [2.45, 2.75) is 6.54 Å². The topological polar surface area (TPSA) is 76.5 Å². The molecule has 24 heavy (non-hydrogen) atoms. The molecule has 0 aliphatic heterocycles. The van der Waals surface area contributed by atoms with E-state index in [4.69, 9.17) is 4.42 Å². The van der Waals surface area contributed by atoms with Gasteiger partial charge in [-0.05, 0) is 54.1 Å². The molecular formula is C18H13N5O. The maximum absolute atomic E-state index is 5.70. The minimum atomic E-state index is 0.529. The Morgan fingerprint density at radius 2 is 1.75 bits per heavy atom. The molecule has 0 fully saturated rings. The van der Waals surface area contributed by atoms with E-state index in [1.54, 1.807) is 18.6 Å². The first-order valence-electron chi connectivity index (χ1n) is 7.47. The molecule has 0 radical (unpaired) electrons. The van der Waals surface area contributed by atoms with E-state index < -0.39 is 0 Å². The second-order valence-corrected chi connectivity index (χ2v) is 5.15. The highest BCUT2D eigenvalue weighted by atomic mass is 16.3. The third-order valence-corrected chi connectivity index (χ3v) is 3.47. The van der Waals surface area contributed by atoms with Crippen molar-refractivity contribution in [1.82, 2.24) is 15.0 Å². The fourth-order valence-electron chi connectivity index (χ4n) is 2.25. The summed E-state index contributed by atoms with van der Waals surface area (Å²) >= 11 is 0. The smallest absolute Gasteiger partial charge is 0.228 e. The van der Waals surface area contributed by atoms with Gasteiger partial charge in [-0.25, -0.2) is 4.98 Å². The van der Waals surface area contributed by atoms with E-state index in [9.17, 15) is 0 Å². The molecule has 0 bridgehead atoms. The summed E-state index contributed by atoms with van der Waals surface area (Å²) in [6, 6.07) is 15.1. The molecule has 0 saturated carbocycles. The van der Waals surface area contributed by atoms with Gasteiger partial charge < -0.3 is 4.42 Å². The molecule has 0 atom stereocenters. The average Bonchev–Trinajstić information content (AvgIpc) is 3.07. The number of hydrogen-bond donors (Lipinski definition) is 0. The number of hydrogen-bond acceptors (Lipinski definition) is 6. The lowest BCUT2D eigenvalue weighted by Gasteiger charge is -1.97. The van der Waals surface area contributed by atoms with E-state index in [-0.39, 0.29) is 0 Å². The van der Waals surface area contributed by atoms with Crippen molar-refractivity contribution in [1.29, 1.82) is 0 Å². The standard InChI is InChI=1S/C18H13N5O/c1-2-16-17(20-9-1)22-18(24-16)14-3-5-15(6-4-14)23-21-12-13-7-10-19-11-8-13/h1-11H,12H2. The molecule has 116 valence electrons. The van der Waals surface area contributed by atoms with Crippen LogP contribution in [0, 0.1) is 0 Å². The van der Waals surface area contributed by atoms with Gasteiger partial charge in [0.05, 0.1) is 12.2 Å². The molecule has 0 N–H and O–H groups in total. The summed E-state index contributed by atoms with van der Waals surface area (Å²) in [4.78, 5) is 12.5. The molecule has 4 rings (SSSR count). The molecule has 0 aliphatic carbocycles. The van der Waals surface area contributed by atoms with Crippen LogP contribution >= 0.6 is 0 Å². The first-order valence-corrected chi connectivity index (χ1v) is 7.47. The van der Waals surface area contributed by atoms with Gasteiger partial charge in [0, 0.05) is 24.2 Å². The largest absolute Gasteiger partial charge is 0.434 e. The predicted octanol–water partition coefficient (Wildman–Crippen LogP) is 4.57. The van der Waals surface area contributed by atoms with E-state index in [0.29, 0.717) is 23.7 Å². The highest BCUT2D eigenvalue weighted by molar-refractivity contribution is 5.72. The highest BCUT2D eigenvalue weighted by Crippen LogP contribution is 2.25. The summed E-state index contributed by atoms with van der Waals surface area (Å²) in [6.07, 6.45) is 5.19. The van der Waals surface area contributed by atoms with Crippen LogP contribution in [-0.2, 0) is 6.54 Å². The van der Waals surface area contributed by atoms with Crippen molar-refractivity contribution in [2.24, 2.45) is 10.2 Å². The minimum Gasteiger partial charge on any atom is -0.434 e. The molecule has 0 spiro atoms. The molecule has 0 unspecified atom stereocenters. The quantitative estimate of drug-likeness (QED) is 0.517. The Balaban J connectivity index is 1.50. The Kier molecular flexibility index (Phi) is 3.77. The van der Waals surface area contributed by atoms with Crippen molar-refractivity contribution in [3.63, 3.8) is 0 Å². The summed E-state index contributed by atoms with van der Waals surface area (Å²) in [5.41, 5.74) is 4.01. The van der Waals surface area contributed by atoms with Crippen molar-refractivity contribution >= 4 is 16.9 Å². The summed E-state index contributed by atoms with van der Waals surface area (Å²) in [7, 11) is 0. The van der Waals surface area contributed by atoms with E-state index in [0.717, 1.165) is 16.8 Å². The van der Waals surface area contributed by atoms with Crippen molar-refractivity contribution in [2.75, 3.05) is 0 Å². The van der Waals surface area contributed by atoms with Crippen LogP contribution in [0.2, 0.25) is 0 Å². The molecule has 0 aliphatic rings. The first-order chi connectivity index (χ1) is 11.9. The summed E-state index contributed by atoms with van der Waals surface area (Å²) < 4.78 is 5.70. The second-order valence-electron chi connectivity index (χ2n) is 5.15. The number of fused-ring (bicyclic) bond motifs is 1. The van der Waals surface area contributed by atoms with Gasteiger partial charge in [-0.1, -0.05) is 0 Å². The van der Waals surface area contributed by atoms with Crippen molar-refractivity contribution in [3.05, 3.63) is 72.7 Å². The summed E-state index contributed by atoms with van der Waals surface area (Å²) in [5, 5.41) is 8.42. The second kappa shape index (κ2) is 6.37. The van der Waals surface area contributed by atoms with Crippen LogP contribution < -0.4 is 0 Å². The van der Waals surface area contributed by atoms with Gasteiger partial charge in [0.25, 0.3) is 0 Å². The Labute approximate surface area is 137 Å². The van der Waals surface area contributed by atoms with Crippen LogP contribution in [-0.4, -0.2) is 15.0 Å². The SMILES string of the molecule is c1cnc2nc(-c3ccc(N=NCc4ccncc4)cc3)oc2c1. The number of benzene rings is 1. The predicted molar refractivity (Wildman–Crippen MR) is 89.7 cm³/mol. The Bertz CT molecular complexity index is 944. The fraction of sp³-hybridized carbons (Fsp3) is 0.0556. The van der Waals surface area contributed by atoms with Gasteiger partial charge in [0.1, 0.15) is 0 Å². The lowest BCUT2D eigenvalue weighted by atomic mass is 10.2. The van der Waals surface area contributed by atoms with E-state index in [1.807, 2.05) is 48.5 Å². The molecule has 4 aromatic rings. The molecule has 0 saturated heterocycles. The lowest BCUT2D eigenvalue weighted by Crippen LogP contribution is -1.80. The number of azo groups is 1. The molecule has 1 aromatic carbocycles. The van der Waals surface area contributed by atoms with E-state index >= 15 is 0 Å². The molecule has 3 heterocycles. The number of nitrogens with zero attached hydrogens (tertiary/aromatic N) is 5. The van der Waals surface area contributed by atoms with Crippen LogP contribution in [0.25, 0.3) is 22.7 Å². The Hall–Kier alpha value is -3.41. The molecule has 6 heteroatoms. The maximum Gasteiger partial charge on any atom is 0.228 e. The zero-order valence-corrected chi connectivity index (χ0v) is 12.7. The van der Waals surface area contributed by atoms with Gasteiger partial charge in [-0.2, -0.15) is 15.2 Å². The van der Waals surface area contributed by atoms with Gasteiger partial charge in [-0.3, -0.25) is 4.98 Å². The number of oxazole rings is 1. The number of rotatable bonds is 4. The number of pyridine rings is 2. The van der Waals surface area contributed by atoms with E-state index in [2.05, 4.69) is 25.2 Å². The Morgan fingerprint density at radius 1 is 0.917 bits per heavy atom. The molecule has 3 aromatic heterocycles. The highest BCUT2D eigenvalue weighted by Gasteiger charge is 2.08. The fourth-order valence-corrected chi connectivity index (χ4v) is 2.25. The van der Waals surface area contributed by atoms with Gasteiger partial charge in [0.15, 0.2) is 11.2 Å². The van der Waals surface area contributed by atoms with Gasteiger partial charge in [-0.15, -0.1) is 0 Å². The number of aromatic nitrogens is 3. The van der Waals surface area contributed by atoms with Crippen LogP contribution in [0.15, 0.2) is 81.8 Å². The van der Waals surface area contributed by atoms with Gasteiger partial charge in [0.2, 0.25) is 5.89 Å².